The van der Waals surface area contributed by atoms with Gasteiger partial charge in [0.15, 0.2) is 5.82 Å². The normalized spacial score (nSPS) is 12.5. The highest BCUT2D eigenvalue weighted by Gasteiger charge is 2.11. The number of rotatable bonds is 4. The first kappa shape index (κ1) is 10.6. The van der Waals surface area contributed by atoms with Gasteiger partial charge in [-0.15, -0.1) is 0 Å². The first-order chi connectivity index (χ1) is 6.63. The van der Waals surface area contributed by atoms with Gasteiger partial charge in [0.25, 0.3) is 0 Å². The van der Waals surface area contributed by atoms with Crippen LogP contribution in [0.15, 0.2) is 4.52 Å². The molecule has 0 aliphatic heterocycles. The minimum absolute atomic E-state index is 0.205. The molecule has 78 valence electrons. The third-order valence-electron chi connectivity index (χ3n) is 1.76. The van der Waals surface area contributed by atoms with Crippen LogP contribution in [0, 0.1) is 6.92 Å². The molecule has 1 atom stereocenters. The minimum Gasteiger partial charge on any atom is -0.346 e. The van der Waals surface area contributed by atoms with Gasteiger partial charge in [0, 0.05) is 0 Å². The lowest BCUT2D eigenvalue weighted by atomic mass is 10.2. The molecule has 0 saturated heterocycles. The van der Waals surface area contributed by atoms with E-state index in [1.54, 1.807) is 6.92 Å². The van der Waals surface area contributed by atoms with E-state index >= 15 is 0 Å². The number of aromatic nitrogens is 2. The summed E-state index contributed by atoms with van der Waals surface area (Å²) >= 11 is 0. The van der Waals surface area contributed by atoms with Gasteiger partial charge in [-0.2, -0.15) is 4.98 Å². The zero-order chi connectivity index (χ0) is 10.6. The molecule has 14 heavy (non-hydrogen) atoms. The standard InChI is InChI=1S/C8H14N4O2/c1-3-6(9)8(13)10-4-7-11-5(2)12-14-7/h6H,3-4,9H2,1-2H3,(H,10,13)/t6-/m0/s1. The van der Waals surface area contributed by atoms with Crippen molar-refractivity contribution in [3.8, 4) is 0 Å². The van der Waals surface area contributed by atoms with Gasteiger partial charge in [-0.25, -0.2) is 0 Å². The number of aryl methyl sites for hydroxylation is 1. The molecule has 6 nitrogen and oxygen atoms in total. The number of hydrogen-bond acceptors (Lipinski definition) is 5. The maximum absolute atomic E-state index is 11.2. The molecule has 3 N–H and O–H groups in total. The molecule has 0 aliphatic carbocycles. The quantitative estimate of drug-likeness (QED) is 0.694. The fourth-order valence-corrected chi connectivity index (χ4v) is 0.891. The van der Waals surface area contributed by atoms with E-state index in [0.29, 0.717) is 18.1 Å². The average molecular weight is 198 g/mol. The van der Waals surface area contributed by atoms with Crippen LogP contribution in [0.4, 0.5) is 0 Å². The van der Waals surface area contributed by atoms with Gasteiger partial charge < -0.3 is 15.6 Å². The summed E-state index contributed by atoms with van der Waals surface area (Å²) in [5, 5.41) is 6.19. The highest BCUT2D eigenvalue weighted by Crippen LogP contribution is 1.95. The van der Waals surface area contributed by atoms with Crippen LogP contribution in [-0.2, 0) is 11.3 Å². The van der Waals surface area contributed by atoms with Crippen molar-refractivity contribution in [2.24, 2.45) is 5.73 Å². The summed E-state index contributed by atoms with van der Waals surface area (Å²) in [4.78, 5) is 15.2. The van der Waals surface area contributed by atoms with E-state index in [0.717, 1.165) is 0 Å². The summed E-state index contributed by atoms with van der Waals surface area (Å²) in [6.45, 7) is 3.79. The molecular formula is C8H14N4O2. The van der Waals surface area contributed by atoms with Crippen LogP contribution in [0.1, 0.15) is 25.1 Å². The Balaban J connectivity index is 2.37. The van der Waals surface area contributed by atoms with Gasteiger partial charge in [0.05, 0.1) is 12.6 Å². The van der Waals surface area contributed by atoms with Crippen molar-refractivity contribution in [3.05, 3.63) is 11.7 Å². The summed E-state index contributed by atoms with van der Waals surface area (Å²) in [5.74, 6) is 0.733. The topological polar surface area (TPSA) is 94.0 Å². The van der Waals surface area contributed by atoms with Gasteiger partial charge in [-0.1, -0.05) is 12.1 Å². The van der Waals surface area contributed by atoms with E-state index in [-0.39, 0.29) is 12.5 Å². The third-order valence-corrected chi connectivity index (χ3v) is 1.76. The molecule has 1 rings (SSSR count). The lowest BCUT2D eigenvalue weighted by Gasteiger charge is -2.07. The lowest BCUT2D eigenvalue weighted by Crippen LogP contribution is -2.39. The fourth-order valence-electron chi connectivity index (χ4n) is 0.891. The number of hydrogen-bond donors (Lipinski definition) is 2. The van der Waals surface area contributed by atoms with Crippen LogP contribution in [0.25, 0.3) is 0 Å². The zero-order valence-corrected chi connectivity index (χ0v) is 8.28. The SMILES string of the molecule is CC[C@H](N)C(=O)NCc1nc(C)no1. The van der Waals surface area contributed by atoms with Crippen molar-refractivity contribution in [2.75, 3.05) is 0 Å². The van der Waals surface area contributed by atoms with Gasteiger partial charge in [0.2, 0.25) is 11.8 Å². The largest absolute Gasteiger partial charge is 0.346 e. The van der Waals surface area contributed by atoms with E-state index in [1.165, 1.54) is 0 Å². The van der Waals surface area contributed by atoms with Gasteiger partial charge in [0.1, 0.15) is 0 Å². The van der Waals surface area contributed by atoms with Gasteiger partial charge >= 0.3 is 0 Å². The number of nitrogens with two attached hydrogens (primary N) is 1. The van der Waals surface area contributed by atoms with Crippen molar-refractivity contribution in [2.45, 2.75) is 32.9 Å². The number of carbonyl (C=O) groups is 1. The Bertz CT molecular complexity index is 310. The molecular weight excluding hydrogens is 184 g/mol. The predicted molar refractivity (Wildman–Crippen MR) is 49.1 cm³/mol. The maximum Gasteiger partial charge on any atom is 0.246 e. The molecule has 0 aliphatic rings. The molecule has 6 heteroatoms. The number of nitrogens with zero attached hydrogens (tertiary/aromatic N) is 2. The Labute approximate surface area is 81.9 Å². The second kappa shape index (κ2) is 4.71. The van der Waals surface area contributed by atoms with E-state index in [9.17, 15) is 4.79 Å². The van der Waals surface area contributed by atoms with Crippen molar-refractivity contribution in [1.29, 1.82) is 0 Å². The summed E-state index contributed by atoms with van der Waals surface area (Å²) in [6, 6.07) is -0.473. The number of carbonyl (C=O) groups excluding carboxylic acids is 1. The summed E-state index contributed by atoms with van der Waals surface area (Å²) in [6.07, 6.45) is 0.606. The zero-order valence-electron chi connectivity index (χ0n) is 8.28. The highest BCUT2D eigenvalue weighted by atomic mass is 16.5. The van der Waals surface area contributed by atoms with Crippen molar-refractivity contribution in [1.82, 2.24) is 15.5 Å². The molecule has 0 bridgehead atoms. The van der Waals surface area contributed by atoms with Crippen LogP contribution in [-0.4, -0.2) is 22.1 Å². The van der Waals surface area contributed by atoms with Crippen molar-refractivity contribution < 1.29 is 9.32 Å². The van der Waals surface area contributed by atoms with Crippen LogP contribution in [0.3, 0.4) is 0 Å². The molecule has 1 amide bonds. The highest BCUT2D eigenvalue weighted by molar-refractivity contribution is 5.81. The summed E-state index contributed by atoms with van der Waals surface area (Å²) < 4.78 is 4.81. The fraction of sp³-hybridized carbons (Fsp3) is 0.625. The molecule has 0 radical (unpaired) electrons. The van der Waals surface area contributed by atoms with Crippen LogP contribution in [0.2, 0.25) is 0 Å². The van der Waals surface area contributed by atoms with E-state index in [4.69, 9.17) is 10.3 Å². The number of nitrogens with one attached hydrogen (secondary N) is 1. The van der Waals surface area contributed by atoms with E-state index in [1.807, 2.05) is 6.92 Å². The Morgan fingerprint density at radius 1 is 1.71 bits per heavy atom. The lowest BCUT2D eigenvalue weighted by molar-refractivity contribution is -0.122. The van der Waals surface area contributed by atoms with Gasteiger partial charge in [-0.05, 0) is 13.3 Å². The van der Waals surface area contributed by atoms with Crippen LogP contribution >= 0.6 is 0 Å². The van der Waals surface area contributed by atoms with Gasteiger partial charge in [-0.3, -0.25) is 4.79 Å². The van der Waals surface area contributed by atoms with Crippen molar-refractivity contribution >= 4 is 5.91 Å². The molecule has 1 aromatic heterocycles. The Kier molecular flexibility index (Phi) is 3.58. The molecule has 1 aromatic rings. The average Bonchev–Trinajstić information content (AvgIpc) is 2.59. The van der Waals surface area contributed by atoms with Crippen LogP contribution < -0.4 is 11.1 Å². The second-order valence-electron chi connectivity index (χ2n) is 2.97. The molecule has 0 aromatic carbocycles. The van der Waals surface area contributed by atoms with Crippen LogP contribution in [0.5, 0.6) is 0 Å². The summed E-state index contributed by atoms with van der Waals surface area (Å²) in [7, 11) is 0. The monoisotopic (exact) mass is 198 g/mol. The predicted octanol–water partition coefficient (Wildman–Crippen LogP) is -0.268. The second-order valence-corrected chi connectivity index (χ2v) is 2.97. The smallest absolute Gasteiger partial charge is 0.246 e. The number of amides is 1. The first-order valence-electron chi connectivity index (χ1n) is 4.46. The first-order valence-corrected chi connectivity index (χ1v) is 4.46. The molecule has 0 unspecified atom stereocenters. The molecule has 0 spiro atoms. The third kappa shape index (κ3) is 2.81. The Morgan fingerprint density at radius 2 is 2.43 bits per heavy atom. The van der Waals surface area contributed by atoms with Crippen molar-refractivity contribution in [3.63, 3.8) is 0 Å². The maximum atomic E-state index is 11.2. The molecule has 0 saturated carbocycles. The Morgan fingerprint density at radius 3 is 2.93 bits per heavy atom. The van der Waals surface area contributed by atoms with E-state index < -0.39 is 6.04 Å². The molecule has 0 fully saturated rings. The molecule has 1 heterocycles. The minimum atomic E-state index is -0.473. The van der Waals surface area contributed by atoms with E-state index in [2.05, 4.69) is 15.5 Å². The summed E-state index contributed by atoms with van der Waals surface area (Å²) in [5.41, 5.74) is 5.51. The Hall–Kier alpha value is -1.43.